The Kier molecular flexibility index (Phi) is 1.39. The maximum Gasteiger partial charge on any atom is 0.140 e. The number of hydrogen-bond acceptors (Lipinski definition) is 2. The molecule has 1 heterocycles. The summed E-state index contributed by atoms with van der Waals surface area (Å²) in [6.07, 6.45) is 1.55. The lowest BCUT2D eigenvalue weighted by atomic mass is 10.2. The van der Waals surface area contributed by atoms with Gasteiger partial charge in [0.1, 0.15) is 11.3 Å². The Hall–Kier alpha value is -0.960. The summed E-state index contributed by atoms with van der Waals surface area (Å²) in [4.78, 5) is 0. The Morgan fingerprint density at radius 1 is 1.27 bits per heavy atom. The molecule has 56 valence electrons. The highest BCUT2D eigenvalue weighted by Gasteiger charge is 2.04. The van der Waals surface area contributed by atoms with Crippen molar-refractivity contribution >= 4 is 26.9 Å². The van der Waals surface area contributed by atoms with E-state index in [1.165, 1.54) is 0 Å². The highest BCUT2D eigenvalue weighted by Crippen LogP contribution is 2.32. The maximum absolute atomic E-state index is 9.44. The van der Waals surface area contributed by atoms with E-state index in [-0.39, 0.29) is 5.75 Å². The van der Waals surface area contributed by atoms with Crippen molar-refractivity contribution in [2.75, 3.05) is 0 Å². The Morgan fingerprint density at radius 2 is 2.09 bits per heavy atom. The fourth-order valence-electron chi connectivity index (χ4n) is 1.00. The second-order valence-corrected chi connectivity index (χ2v) is 3.08. The van der Waals surface area contributed by atoms with Crippen LogP contribution < -0.4 is 0 Å². The molecule has 0 radical (unpaired) electrons. The zero-order valence-electron chi connectivity index (χ0n) is 5.54. The third kappa shape index (κ3) is 0.922. The molecule has 2 nitrogen and oxygen atoms in total. The van der Waals surface area contributed by atoms with Crippen molar-refractivity contribution in [2.45, 2.75) is 0 Å². The van der Waals surface area contributed by atoms with Crippen molar-refractivity contribution in [3.8, 4) is 5.75 Å². The van der Waals surface area contributed by atoms with Gasteiger partial charge in [-0.05, 0) is 34.1 Å². The largest absolute Gasteiger partial charge is 0.506 e. The van der Waals surface area contributed by atoms with Crippen molar-refractivity contribution in [1.29, 1.82) is 0 Å². The van der Waals surface area contributed by atoms with E-state index < -0.39 is 0 Å². The van der Waals surface area contributed by atoms with Gasteiger partial charge >= 0.3 is 0 Å². The molecule has 0 aliphatic carbocycles. The van der Waals surface area contributed by atoms with Crippen LogP contribution in [0.4, 0.5) is 0 Å². The first-order valence-corrected chi connectivity index (χ1v) is 3.93. The Labute approximate surface area is 71.6 Å². The molecule has 3 heteroatoms. The van der Waals surface area contributed by atoms with Crippen molar-refractivity contribution in [3.05, 3.63) is 28.9 Å². The summed E-state index contributed by atoms with van der Waals surface area (Å²) >= 11 is 3.21. The van der Waals surface area contributed by atoms with Crippen LogP contribution in [0.15, 0.2) is 33.4 Å². The zero-order valence-corrected chi connectivity index (χ0v) is 7.13. The molecular weight excluding hydrogens is 208 g/mol. The van der Waals surface area contributed by atoms with Gasteiger partial charge in [0.05, 0.1) is 16.1 Å². The molecule has 0 unspecified atom stereocenters. The van der Waals surface area contributed by atoms with Crippen LogP contribution in [0, 0.1) is 0 Å². The first kappa shape index (κ1) is 6.73. The van der Waals surface area contributed by atoms with Gasteiger partial charge in [-0.2, -0.15) is 0 Å². The summed E-state index contributed by atoms with van der Waals surface area (Å²) in [6, 6.07) is 5.29. The predicted octanol–water partition coefficient (Wildman–Crippen LogP) is 2.90. The van der Waals surface area contributed by atoms with Crippen LogP contribution in [0.5, 0.6) is 5.75 Å². The van der Waals surface area contributed by atoms with Gasteiger partial charge in [0, 0.05) is 0 Å². The fourth-order valence-corrected chi connectivity index (χ4v) is 1.35. The summed E-state index contributed by atoms with van der Waals surface area (Å²) in [5.74, 6) is 0.233. The van der Waals surface area contributed by atoms with E-state index in [0.717, 1.165) is 5.39 Å². The molecule has 0 fully saturated rings. The minimum absolute atomic E-state index is 0.233. The van der Waals surface area contributed by atoms with E-state index in [1.807, 2.05) is 0 Å². The highest BCUT2D eigenvalue weighted by molar-refractivity contribution is 9.10. The molecule has 0 aliphatic rings. The van der Waals surface area contributed by atoms with E-state index in [9.17, 15) is 5.11 Å². The van der Waals surface area contributed by atoms with Crippen LogP contribution in [0.1, 0.15) is 0 Å². The van der Waals surface area contributed by atoms with E-state index in [1.54, 1.807) is 24.5 Å². The molecule has 0 saturated carbocycles. The summed E-state index contributed by atoms with van der Waals surface area (Å²) in [5.41, 5.74) is 0.700. The number of halogens is 1. The van der Waals surface area contributed by atoms with Gasteiger partial charge in [0.25, 0.3) is 0 Å². The molecule has 2 rings (SSSR count). The smallest absolute Gasteiger partial charge is 0.140 e. The van der Waals surface area contributed by atoms with Crippen LogP contribution in [0.3, 0.4) is 0 Å². The zero-order chi connectivity index (χ0) is 7.84. The van der Waals surface area contributed by atoms with Crippen LogP contribution in [0.2, 0.25) is 0 Å². The van der Waals surface area contributed by atoms with Crippen LogP contribution in [-0.2, 0) is 0 Å². The summed E-state index contributed by atoms with van der Waals surface area (Å²) in [7, 11) is 0. The van der Waals surface area contributed by atoms with Gasteiger partial charge in [0.2, 0.25) is 0 Å². The molecule has 1 aromatic carbocycles. The van der Waals surface area contributed by atoms with Crippen molar-refractivity contribution < 1.29 is 9.52 Å². The average molecular weight is 213 g/mol. The monoisotopic (exact) mass is 212 g/mol. The van der Waals surface area contributed by atoms with Gasteiger partial charge in [-0.15, -0.1) is 0 Å². The molecule has 0 atom stereocenters. The quantitative estimate of drug-likeness (QED) is 0.729. The molecule has 0 bridgehead atoms. The molecule has 0 spiro atoms. The minimum Gasteiger partial charge on any atom is -0.506 e. The summed E-state index contributed by atoms with van der Waals surface area (Å²) in [5, 5.41) is 10.2. The van der Waals surface area contributed by atoms with Crippen LogP contribution >= 0.6 is 15.9 Å². The van der Waals surface area contributed by atoms with Gasteiger partial charge in [-0.25, -0.2) is 0 Å². The number of fused-ring (bicyclic) bond motifs is 1. The first-order valence-electron chi connectivity index (χ1n) is 3.14. The van der Waals surface area contributed by atoms with Gasteiger partial charge in [-0.1, -0.05) is 0 Å². The van der Waals surface area contributed by atoms with Gasteiger partial charge in [0.15, 0.2) is 0 Å². The Balaban J connectivity index is 2.93. The molecular formula is C8H5BrO2. The van der Waals surface area contributed by atoms with Crippen molar-refractivity contribution in [2.24, 2.45) is 0 Å². The molecule has 11 heavy (non-hydrogen) atoms. The second-order valence-electron chi connectivity index (χ2n) is 2.23. The number of phenolic OH excluding ortho intramolecular Hbond substituents is 1. The average Bonchev–Trinajstić information content (AvgIpc) is 2.45. The van der Waals surface area contributed by atoms with E-state index in [2.05, 4.69) is 15.9 Å². The minimum atomic E-state index is 0.233. The summed E-state index contributed by atoms with van der Waals surface area (Å²) in [6.45, 7) is 0. The van der Waals surface area contributed by atoms with E-state index >= 15 is 0 Å². The lowest BCUT2D eigenvalue weighted by Crippen LogP contribution is -1.68. The standard InChI is InChI=1S/C8H5BrO2/c9-6-1-2-7-5(8(6)10)3-4-11-7/h1-4,10H. The summed E-state index contributed by atoms with van der Waals surface area (Å²) < 4.78 is 5.76. The third-order valence-corrected chi connectivity index (χ3v) is 2.20. The fraction of sp³-hybridized carbons (Fsp3) is 0. The van der Waals surface area contributed by atoms with Crippen LogP contribution in [0.25, 0.3) is 11.0 Å². The number of phenols is 1. The normalized spacial score (nSPS) is 10.6. The highest BCUT2D eigenvalue weighted by atomic mass is 79.9. The third-order valence-electron chi connectivity index (χ3n) is 1.56. The number of rotatable bonds is 0. The van der Waals surface area contributed by atoms with Gasteiger partial charge < -0.3 is 9.52 Å². The number of furan rings is 1. The Bertz CT molecular complexity index is 392. The van der Waals surface area contributed by atoms with Crippen LogP contribution in [-0.4, -0.2) is 5.11 Å². The number of aromatic hydroxyl groups is 1. The van der Waals surface area contributed by atoms with E-state index in [0.29, 0.717) is 10.1 Å². The van der Waals surface area contributed by atoms with Crippen molar-refractivity contribution in [1.82, 2.24) is 0 Å². The topological polar surface area (TPSA) is 33.4 Å². The maximum atomic E-state index is 9.44. The first-order chi connectivity index (χ1) is 5.29. The molecule has 0 aliphatic heterocycles. The van der Waals surface area contributed by atoms with Crippen molar-refractivity contribution in [3.63, 3.8) is 0 Å². The molecule has 1 N–H and O–H groups in total. The molecule has 2 aromatic rings. The molecule has 0 saturated heterocycles. The molecule has 0 amide bonds. The lowest BCUT2D eigenvalue weighted by Gasteiger charge is -1.95. The number of hydrogen-bond donors (Lipinski definition) is 1. The molecule has 1 aromatic heterocycles. The van der Waals surface area contributed by atoms with Gasteiger partial charge in [-0.3, -0.25) is 0 Å². The lowest BCUT2D eigenvalue weighted by molar-refractivity contribution is 0.478. The second kappa shape index (κ2) is 2.27. The van der Waals surface area contributed by atoms with E-state index in [4.69, 9.17) is 4.42 Å². The SMILES string of the molecule is Oc1c(Br)ccc2occc12. The number of benzene rings is 1. The Morgan fingerprint density at radius 3 is 2.91 bits per heavy atom. The predicted molar refractivity (Wildman–Crippen MR) is 45.6 cm³/mol.